The Bertz CT molecular complexity index is 332. The number of aromatic nitrogens is 1. The molecule has 0 unspecified atom stereocenters. The predicted octanol–water partition coefficient (Wildman–Crippen LogP) is 0.523. The van der Waals surface area contributed by atoms with Crippen molar-refractivity contribution in [1.29, 1.82) is 0 Å². The van der Waals surface area contributed by atoms with E-state index in [1.165, 1.54) is 7.11 Å². The molecule has 1 aromatic rings. The summed E-state index contributed by atoms with van der Waals surface area (Å²) in [4.78, 5) is 15.5. The van der Waals surface area contributed by atoms with Gasteiger partial charge in [0.15, 0.2) is 0 Å². The Morgan fingerprint density at radius 3 is 2.57 bits per heavy atom. The van der Waals surface area contributed by atoms with E-state index >= 15 is 0 Å². The standard InChI is InChI=1S/C10H11NO3/c1-13-9(12)10(6-14-7-10)8-2-4-11-5-3-8/h2-5H,6-7H2,1H3. The van der Waals surface area contributed by atoms with Crippen molar-refractivity contribution >= 4 is 5.97 Å². The molecule has 14 heavy (non-hydrogen) atoms. The number of pyridine rings is 1. The highest BCUT2D eigenvalue weighted by Crippen LogP contribution is 2.33. The van der Waals surface area contributed by atoms with E-state index in [4.69, 9.17) is 9.47 Å². The first-order valence-electron chi connectivity index (χ1n) is 4.36. The number of esters is 1. The minimum absolute atomic E-state index is 0.241. The van der Waals surface area contributed by atoms with Gasteiger partial charge in [0.25, 0.3) is 0 Å². The third kappa shape index (κ3) is 1.19. The van der Waals surface area contributed by atoms with E-state index in [0.29, 0.717) is 13.2 Å². The lowest BCUT2D eigenvalue weighted by Gasteiger charge is -2.38. The molecule has 1 saturated heterocycles. The molecule has 1 fully saturated rings. The zero-order valence-corrected chi connectivity index (χ0v) is 7.90. The van der Waals surface area contributed by atoms with Gasteiger partial charge in [0.05, 0.1) is 20.3 Å². The molecule has 1 aliphatic heterocycles. The van der Waals surface area contributed by atoms with Crippen LogP contribution in [-0.2, 0) is 19.7 Å². The Hall–Kier alpha value is -1.42. The number of rotatable bonds is 2. The summed E-state index contributed by atoms with van der Waals surface area (Å²) in [6.45, 7) is 0.785. The monoisotopic (exact) mass is 193 g/mol. The van der Waals surface area contributed by atoms with Gasteiger partial charge in [0.1, 0.15) is 5.41 Å². The number of hydrogen-bond acceptors (Lipinski definition) is 4. The van der Waals surface area contributed by atoms with E-state index < -0.39 is 5.41 Å². The molecular formula is C10H11NO3. The average molecular weight is 193 g/mol. The first-order chi connectivity index (χ1) is 6.79. The quantitative estimate of drug-likeness (QED) is 0.642. The van der Waals surface area contributed by atoms with Gasteiger partial charge in [-0.25, -0.2) is 0 Å². The fourth-order valence-corrected chi connectivity index (χ4v) is 1.57. The zero-order valence-electron chi connectivity index (χ0n) is 7.90. The number of hydrogen-bond donors (Lipinski definition) is 0. The van der Waals surface area contributed by atoms with Crippen LogP contribution in [0.4, 0.5) is 0 Å². The lowest BCUT2D eigenvalue weighted by molar-refractivity contribution is -0.166. The molecule has 0 saturated carbocycles. The predicted molar refractivity (Wildman–Crippen MR) is 48.8 cm³/mol. The van der Waals surface area contributed by atoms with Crippen molar-refractivity contribution < 1.29 is 14.3 Å². The molecule has 0 aliphatic carbocycles. The molecule has 0 atom stereocenters. The van der Waals surface area contributed by atoms with Crippen molar-refractivity contribution in [3.8, 4) is 0 Å². The van der Waals surface area contributed by atoms with Crippen LogP contribution in [0.15, 0.2) is 24.5 Å². The summed E-state index contributed by atoms with van der Waals surface area (Å²) >= 11 is 0. The molecule has 0 aromatic carbocycles. The maximum absolute atomic E-state index is 11.6. The molecule has 0 radical (unpaired) electrons. The second-order valence-corrected chi connectivity index (χ2v) is 3.30. The Morgan fingerprint density at radius 2 is 2.14 bits per heavy atom. The maximum Gasteiger partial charge on any atom is 0.321 e. The van der Waals surface area contributed by atoms with Crippen LogP contribution >= 0.6 is 0 Å². The summed E-state index contributed by atoms with van der Waals surface area (Å²) in [6, 6.07) is 3.64. The van der Waals surface area contributed by atoms with Crippen molar-refractivity contribution in [3.63, 3.8) is 0 Å². The van der Waals surface area contributed by atoms with E-state index in [1.807, 2.05) is 12.1 Å². The molecule has 0 N–H and O–H groups in total. The van der Waals surface area contributed by atoms with E-state index in [0.717, 1.165) is 5.56 Å². The smallest absolute Gasteiger partial charge is 0.321 e. The van der Waals surface area contributed by atoms with Gasteiger partial charge in [-0.05, 0) is 17.7 Å². The van der Waals surface area contributed by atoms with Crippen LogP contribution in [0.5, 0.6) is 0 Å². The van der Waals surface area contributed by atoms with Crippen molar-refractivity contribution in [2.45, 2.75) is 5.41 Å². The van der Waals surface area contributed by atoms with Crippen LogP contribution < -0.4 is 0 Å². The number of carbonyl (C=O) groups excluding carboxylic acids is 1. The minimum Gasteiger partial charge on any atom is -0.468 e. The fourth-order valence-electron chi connectivity index (χ4n) is 1.57. The van der Waals surface area contributed by atoms with Crippen LogP contribution in [0.1, 0.15) is 5.56 Å². The minimum atomic E-state index is -0.600. The van der Waals surface area contributed by atoms with Crippen molar-refractivity contribution in [2.24, 2.45) is 0 Å². The Morgan fingerprint density at radius 1 is 1.50 bits per heavy atom. The first kappa shape index (κ1) is 9.15. The molecule has 0 bridgehead atoms. The van der Waals surface area contributed by atoms with E-state index in [-0.39, 0.29) is 5.97 Å². The van der Waals surface area contributed by atoms with Gasteiger partial charge in [-0.1, -0.05) is 0 Å². The van der Waals surface area contributed by atoms with Crippen molar-refractivity contribution in [1.82, 2.24) is 4.98 Å². The molecule has 74 valence electrons. The summed E-state index contributed by atoms with van der Waals surface area (Å²) in [5, 5.41) is 0. The normalized spacial score (nSPS) is 18.4. The Labute approximate surface area is 81.9 Å². The summed E-state index contributed by atoms with van der Waals surface area (Å²) in [7, 11) is 1.39. The summed E-state index contributed by atoms with van der Waals surface area (Å²) in [5.41, 5.74) is 0.308. The Kier molecular flexibility index (Phi) is 2.21. The fraction of sp³-hybridized carbons (Fsp3) is 0.400. The van der Waals surface area contributed by atoms with Crippen LogP contribution in [0.3, 0.4) is 0 Å². The van der Waals surface area contributed by atoms with E-state index in [2.05, 4.69) is 4.98 Å². The van der Waals surface area contributed by atoms with Gasteiger partial charge in [0, 0.05) is 12.4 Å². The first-order valence-corrected chi connectivity index (χ1v) is 4.36. The highest BCUT2D eigenvalue weighted by Gasteiger charge is 2.48. The second-order valence-electron chi connectivity index (χ2n) is 3.30. The van der Waals surface area contributed by atoms with E-state index in [9.17, 15) is 4.79 Å². The molecule has 0 amide bonds. The Balaban J connectivity index is 2.34. The highest BCUT2D eigenvalue weighted by molar-refractivity contribution is 5.84. The average Bonchev–Trinajstić information content (AvgIpc) is 2.17. The molecule has 1 aliphatic rings. The summed E-state index contributed by atoms with van der Waals surface area (Å²) in [6.07, 6.45) is 3.33. The highest BCUT2D eigenvalue weighted by atomic mass is 16.5. The SMILES string of the molecule is COC(=O)C1(c2ccncc2)COC1. The lowest BCUT2D eigenvalue weighted by Crippen LogP contribution is -2.53. The number of ether oxygens (including phenoxy) is 2. The van der Waals surface area contributed by atoms with Gasteiger partial charge in [-0.3, -0.25) is 9.78 Å². The van der Waals surface area contributed by atoms with Crippen LogP contribution in [0.25, 0.3) is 0 Å². The third-order valence-electron chi connectivity index (χ3n) is 2.51. The van der Waals surface area contributed by atoms with E-state index in [1.54, 1.807) is 12.4 Å². The maximum atomic E-state index is 11.6. The van der Waals surface area contributed by atoms with Crippen LogP contribution in [0, 0.1) is 0 Å². The molecule has 2 rings (SSSR count). The molecule has 2 heterocycles. The van der Waals surface area contributed by atoms with Gasteiger partial charge in [0.2, 0.25) is 0 Å². The number of nitrogens with zero attached hydrogens (tertiary/aromatic N) is 1. The van der Waals surface area contributed by atoms with Gasteiger partial charge in [-0.2, -0.15) is 0 Å². The number of methoxy groups -OCH3 is 1. The molecule has 4 heteroatoms. The van der Waals surface area contributed by atoms with Gasteiger partial charge >= 0.3 is 5.97 Å². The summed E-state index contributed by atoms with van der Waals surface area (Å²) < 4.78 is 9.87. The van der Waals surface area contributed by atoms with Crippen molar-refractivity contribution in [2.75, 3.05) is 20.3 Å². The summed E-state index contributed by atoms with van der Waals surface area (Å²) in [5.74, 6) is -0.241. The zero-order chi connectivity index (χ0) is 10.0. The number of carbonyl (C=O) groups is 1. The van der Waals surface area contributed by atoms with Gasteiger partial charge in [-0.15, -0.1) is 0 Å². The van der Waals surface area contributed by atoms with Crippen LogP contribution in [0.2, 0.25) is 0 Å². The largest absolute Gasteiger partial charge is 0.468 e. The second kappa shape index (κ2) is 3.38. The molecule has 1 aromatic heterocycles. The van der Waals surface area contributed by atoms with Gasteiger partial charge < -0.3 is 9.47 Å². The molecule has 4 nitrogen and oxygen atoms in total. The van der Waals surface area contributed by atoms with Crippen molar-refractivity contribution in [3.05, 3.63) is 30.1 Å². The topological polar surface area (TPSA) is 48.4 Å². The lowest BCUT2D eigenvalue weighted by atomic mass is 9.79. The van der Waals surface area contributed by atoms with Crippen LogP contribution in [-0.4, -0.2) is 31.3 Å². The third-order valence-corrected chi connectivity index (χ3v) is 2.51. The molecule has 0 spiro atoms. The molecular weight excluding hydrogens is 182 g/mol.